The molecule has 0 fully saturated rings. The van der Waals surface area contributed by atoms with E-state index in [4.69, 9.17) is 4.74 Å². The third kappa shape index (κ3) is 15.4. The Labute approximate surface area is 140 Å². The second kappa shape index (κ2) is 10.5. The quantitative estimate of drug-likeness (QED) is 0.383. The van der Waals surface area contributed by atoms with Gasteiger partial charge in [-0.1, -0.05) is 0 Å². The number of hydrogen-bond acceptors (Lipinski definition) is 5. The Balaban J connectivity index is 3.66. The molecule has 0 bridgehead atoms. The van der Waals surface area contributed by atoms with E-state index in [0.29, 0.717) is 19.4 Å². The molecule has 0 atom stereocenters. The van der Waals surface area contributed by atoms with Gasteiger partial charge < -0.3 is 9.64 Å². The molecule has 0 aliphatic heterocycles. The van der Waals surface area contributed by atoms with Gasteiger partial charge in [-0.15, -0.1) is 11.8 Å². The lowest BCUT2D eigenvalue weighted by molar-refractivity contribution is 0.0296. The summed E-state index contributed by atoms with van der Waals surface area (Å²) in [5.74, 6) is 6.02. The molecule has 0 spiro atoms. The van der Waals surface area contributed by atoms with Crippen molar-refractivity contribution in [3.05, 3.63) is 0 Å². The van der Waals surface area contributed by atoms with Crippen molar-refractivity contribution in [2.24, 2.45) is 0 Å². The average molecular weight is 347 g/mol. The van der Waals surface area contributed by atoms with E-state index in [1.54, 1.807) is 11.9 Å². The fourth-order valence-corrected chi connectivity index (χ4v) is 1.96. The summed E-state index contributed by atoms with van der Waals surface area (Å²) in [5, 5.41) is 0. The number of carbonyl (C=O) groups is 1. The van der Waals surface area contributed by atoms with Crippen LogP contribution in [0, 0.1) is 11.8 Å². The largest absolute Gasteiger partial charge is 0.444 e. The molecule has 0 rings (SSSR count). The number of hydrogen-bond donors (Lipinski definition) is 0. The SMILES string of the molecule is CN(CCCCC#CCCCOS(C)(=O)=O)C(=O)OC(C)(C)C. The van der Waals surface area contributed by atoms with Gasteiger partial charge in [-0.25, -0.2) is 4.79 Å². The van der Waals surface area contributed by atoms with Crippen LogP contribution in [-0.4, -0.2) is 51.5 Å². The molecule has 0 aliphatic carbocycles. The highest BCUT2D eigenvalue weighted by molar-refractivity contribution is 7.85. The number of rotatable bonds is 8. The molecule has 0 aromatic rings. The van der Waals surface area contributed by atoms with Gasteiger partial charge in [0.15, 0.2) is 0 Å². The number of carbonyl (C=O) groups excluding carboxylic acids is 1. The molecule has 0 N–H and O–H groups in total. The third-order valence-corrected chi connectivity index (χ3v) is 3.21. The predicted molar refractivity (Wildman–Crippen MR) is 90.5 cm³/mol. The van der Waals surface area contributed by atoms with Crippen molar-refractivity contribution in [1.29, 1.82) is 0 Å². The van der Waals surface area contributed by atoms with Crippen LogP contribution in [0.5, 0.6) is 0 Å². The lowest BCUT2D eigenvalue weighted by Gasteiger charge is -2.24. The molecular weight excluding hydrogens is 318 g/mol. The molecule has 7 heteroatoms. The number of amides is 1. The van der Waals surface area contributed by atoms with Crippen LogP contribution in [0.2, 0.25) is 0 Å². The van der Waals surface area contributed by atoms with E-state index >= 15 is 0 Å². The fourth-order valence-electron chi connectivity index (χ4n) is 1.54. The van der Waals surface area contributed by atoms with Crippen molar-refractivity contribution in [3.63, 3.8) is 0 Å². The fraction of sp³-hybridized carbons (Fsp3) is 0.812. The molecule has 0 saturated heterocycles. The van der Waals surface area contributed by atoms with Crippen molar-refractivity contribution in [2.45, 2.75) is 58.5 Å². The van der Waals surface area contributed by atoms with Crippen LogP contribution < -0.4 is 0 Å². The standard InChI is InChI=1S/C16H29NO5S/c1-16(2,3)22-15(18)17(4)13-11-9-7-6-8-10-12-14-21-23(5,19)20/h7,9-14H2,1-5H3. The van der Waals surface area contributed by atoms with Crippen molar-refractivity contribution < 1.29 is 22.1 Å². The van der Waals surface area contributed by atoms with Gasteiger partial charge in [0.25, 0.3) is 10.1 Å². The van der Waals surface area contributed by atoms with Gasteiger partial charge in [0.05, 0.1) is 12.9 Å². The number of ether oxygens (including phenoxy) is 1. The minimum Gasteiger partial charge on any atom is -0.444 e. The predicted octanol–water partition coefficient (Wildman–Crippen LogP) is 2.78. The topological polar surface area (TPSA) is 72.9 Å². The summed E-state index contributed by atoms with van der Waals surface area (Å²) < 4.78 is 31.3. The third-order valence-electron chi connectivity index (χ3n) is 2.62. The summed E-state index contributed by atoms with van der Waals surface area (Å²) in [6.45, 7) is 6.34. The molecule has 6 nitrogen and oxygen atoms in total. The maximum Gasteiger partial charge on any atom is 0.410 e. The zero-order chi connectivity index (χ0) is 17.9. The highest BCUT2D eigenvalue weighted by Crippen LogP contribution is 2.09. The van der Waals surface area contributed by atoms with Crippen LogP contribution in [0.15, 0.2) is 0 Å². The lowest BCUT2D eigenvalue weighted by Crippen LogP contribution is -2.34. The lowest BCUT2D eigenvalue weighted by atomic mass is 10.2. The van der Waals surface area contributed by atoms with Crippen molar-refractivity contribution >= 4 is 16.2 Å². The van der Waals surface area contributed by atoms with Crippen molar-refractivity contribution in [2.75, 3.05) is 26.5 Å². The number of nitrogens with zero attached hydrogens (tertiary/aromatic N) is 1. The second-order valence-electron chi connectivity index (χ2n) is 6.34. The van der Waals surface area contributed by atoms with Gasteiger partial charge >= 0.3 is 6.09 Å². The first kappa shape index (κ1) is 21.7. The summed E-state index contributed by atoms with van der Waals surface area (Å²) in [5.41, 5.74) is -0.475. The smallest absolute Gasteiger partial charge is 0.410 e. The molecular formula is C16H29NO5S. The van der Waals surface area contributed by atoms with Crippen molar-refractivity contribution in [1.82, 2.24) is 4.90 Å². The van der Waals surface area contributed by atoms with E-state index in [1.807, 2.05) is 20.8 Å². The van der Waals surface area contributed by atoms with E-state index < -0.39 is 15.7 Å². The van der Waals surface area contributed by atoms with Crippen LogP contribution in [0.25, 0.3) is 0 Å². The minimum atomic E-state index is -3.35. The molecule has 0 saturated carbocycles. The van der Waals surface area contributed by atoms with Gasteiger partial charge in [0, 0.05) is 26.4 Å². The molecule has 134 valence electrons. The Morgan fingerprint density at radius 2 is 1.65 bits per heavy atom. The Morgan fingerprint density at radius 3 is 2.17 bits per heavy atom. The Hall–Kier alpha value is -1.26. The molecule has 0 aromatic heterocycles. The van der Waals surface area contributed by atoms with Crippen LogP contribution in [0.4, 0.5) is 4.79 Å². The summed E-state index contributed by atoms with van der Waals surface area (Å²) in [6.07, 6.45) is 4.47. The summed E-state index contributed by atoms with van der Waals surface area (Å²) >= 11 is 0. The molecule has 0 aliphatic rings. The van der Waals surface area contributed by atoms with Crippen molar-refractivity contribution in [3.8, 4) is 11.8 Å². The zero-order valence-corrected chi connectivity index (χ0v) is 15.7. The van der Waals surface area contributed by atoms with E-state index in [9.17, 15) is 13.2 Å². The minimum absolute atomic E-state index is 0.175. The van der Waals surface area contributed by atoms with Gasteiger partial charge in [0.2, 0.25) is 0 Å². The first-order valence-corrected chi connectivity index (χ1v) is 9.57. The van der Waals surface area contributed by atoms with E-state index in [2.05, 4.69) is 16.0 Å². The van der Waals surface area contributed by atoms with Crippen LogP contribution in [-0.2, 0) is 19.0 Å². The normalized spacial score (nSPS) is 11.5. The molecule has 0 heterocycles. The first-order valence-electron chi connectivity index (χ1n) is 7.75. The molecule has 0 radical (unpaired) electrons. The van der Waals surface area contributed by atoms with E-state index in [0.717, 1.165) is 25.5 Å². The average Bonchev–Trinajstić information content (AvgIpc) is 2.37. The summed E-state index contributed by atoms with van der Waals surface area (Å²) in [4.78, 5) is 13.3. The Bertz CT molecular complexity index is 511. The van der Waals surface area contributed by atoms with E-state index in [1.165, 1.54) is 0 Å². The zero-order valence-electron chi connectivity index (χ0n) is 14.8. The molecule has 0 unspecified atom stereocenters. The van der Waals surface area contributed by atoms with Crippen LogP contribution >= 0.6 is 0 Å². The Morgan fingerprint density at radius 1 is 1.09 bits per heavy atom. The van der Waals surface area contributed by atoms with Gasteiger partial charge in [-0.2, -0.15) is 8.42 Å². The van der Waals surface area contributed by atoms with Crippen LogP contribution in [0.1, 0.15) is 52.9 Å². The Kier molecular flexibility index (Phi) is 9.93. The van der Waals surface area contributed by atoms with Crippen LogP contribution in [0.3, 0.4) is 0 Å². The highest BCUT2D eigenvalue weighted by Gasteiger charge is 2.18. The van der Waals surface area contributed by atoms with Gasteiger partial charge in [-0.3, -0.25) is 4.18 Å². The summed E-state index contributed by atoms with van der Waals surface area (Å²) in [7, 11) is -1.62. The number of unbranched alkanes of at least 4 members (excludes halogenated alkanes) is 3. The van der Waals surface area contributed by atoms with E-state index in [-0.39, 0.29) is 12.7 Å². The summed E-state index contributed by atoms with van der Waals surface area (Å²) in [6, 6.07) is 0. The van der Waals surface area contributed by atoms with Gasteiger partial charge in [-0.05, 0) is 40.0 Å². The molecule has 0 aromatic carbocycles. The second-order valence-corrected chi connectivity index (χ2v) is 7.99. The molecule has 1 amide bonds. The molecule has 23 heavy (non-hydrogen) atoms. The monoisotopic (exact) mass is 347 g/mol. The maximum absolute atomic E-state index is 11.7. The highest BCUT2D eigenvalue weighted by atomic mass is 32.2. The first-order chi connectivity index (χ1) is 10.5. The maximum atomic E-state index is 11.7. The van der Waals surface area contributed by atoms with Gasteiger partial charge in [0.1, 0.15) is 5.60 Å².